The summed E-state index contributed by atoms with van der Waals surface area (Å²) in [5.74, 6) is 0. The molecule has 0 spiro atoms. The van der Waals surface area contributed by atoms with Crippen LogP contribution < -0.4 is 0 Å². The summed E-state index contributed by atoms with van der Waals surface area (Å²) in [5, 5.41) is 6.21. The van der Waals surface area contributed by atoms with Gasteiger partial charge in [-0.15, -0.1) is 0 Å². The first-order chi connectivity index (χ1) is 5.50. The van der Waals surface area contributed by atoms with Crippen LogP contribution in [0, 0.1) is 0 Å². The van der Waals surface area contributed by atoms with Gasteiger partial charge in [-0.05, 0) is 6.07 Å². The van der Waals surface area contributed by atoms with Crippen molar-refractivity contribution in [3.8, 4) is 0 Å². The van der Waals surface area contributed by atoms with E-state index in [1.54, 1.807) is 37.2 Å². The first-order valence-electron chi connectivity index (χ1n) is 3.14. The van der Waals surface area contributed by atoms with Gasteiger partial charge in [-0.25, -0.2) is 0 Å². The van der Waals surface area contributed by atoms with Gasteiger partial charge in [0, 0.05) is 37.2 Å². The number of nitrogens with zero attached hydrogens (tertiary/aromatic N) is 3. The largest absolute Gasteiger partial charge is 0.286 e. The molecule has 2 rings (SSSR count). The Balaban J connectivity index is 0.000000112. The SMILES string of the molecule is c1cn[nH]c1.c1cnccn1. The molecular formula is C7H8N4. The predicted molar refractivity (Wildman–Crippen MR) is 40.6 cm³/mol. The second-order valence-corrected chi connectivity index (χ2v) is 1.66. The van der Waals surface area contributed by atoms with Crippen molar-refractivity contribution in [1.82, 2.24) is 20.2 Å². The van der Waals surface area contributed by atoms with Gasteiger partial charge in [0.2, 0.25) is 0 Å². The van der Waals surface area contributed by atoms with Crippen LogP contribution in [-0.4, -0.2) is 20.2 Å². The lowest BCUT2D eigenvalue weighted by atomic mass is 10.8. The summed E-state index contributed by atoms with van der Waals surface area (Å²) in [7, 11) is 0. The van der Waals surface area contributed by atoms with Crippen molar-refractivity contribution < 1.29 is 0 Å². The van der Waals surface area contributed by atoms with Gasteiger partial charge in [0.25, 0.3) is 0 Å². The maximum Gasteiger partial charge on any atom is 0.0487 e. The monoisotopic (exact) mass is 148 g/mol. The molecule has 4 heteroatoms. The van der Waals surface area contributed by atoms with Gasteiger partial charge in [0.05, 0.1) is 0 Å². The molecule has 0 aliphatic heterocycles. The topological polar surface area (TPSA) is 54.5 Å². The summed E-state index contributed by atoms with van der Waals surface area (Å²) in [4.78, 5) is 7.44. The van der Waals surface area contributed by atoms with Crippen molar-refractivity contribution in [2.24, 2.45) is 0 Å². The molecule has 0 saturated carbocycles. The number of rotatable bonds is 0. The smallest absolute Gasteiger partial charge is 0.0487 e. The molecule has 0 fully saturated rings. The Morgan fingerprint density at radius 2 is 1.45 bits per heavy atom. The van der Waals surface area contributed by atoms with E-state index in [-0.39, 0.29) is 0 Å². The Hall–Kier alpha value is -1.71. The van der Waals surface area contributed by atoms with Crippen LogP contribution in [0.15, 0.2) is 43.2 Å². The fraction of sp³-hybridized carbons (Fsp3) is 0. The molecule has 0 radical (unpaired) electrons. The first-order valence-corrected chi connectivity index (χ1v) is 3.14. The van der Waals surface area contributed by atoms with Gasteiger partial charge in [0.15, 0.2) is 0 Å². The zero-order chi connectivity index (χ0) is 7.78. The van der Waals surface area contributed by atoms with Crippen molar-refractivity contribution in [2.45, 2.75) is 0 Å². The Bertz CT molecular complexity index is 196. The van der Waals surface area contributed by atoms with Gasteiger partial charge in [-0.2, -0.15) is 5.10 Å². The van der Waals surface area contributed by atoms with Crippen LogP contribution in [-0.2, 0) is 0 Å². The van der Waals surface area contributed by atoms with E-state index in [0.717, 1.165) is 0 Å². The molecule has 1 N–H and O–H groups in total. The molecule has 2 heterocycles. The standard InChI is InChI=1S/C4H4N2.C3H4N2/c1-2-6-4-3-5-1;1-2-4-5-3-1/h1-4H;1-3H,(H,4,5). The third-order valence-corrected chi connectivity index (χ3v) is 0.883. The van der Waals surface area contributed by atoms with E-state index < -0.39 is 0 Å². The van der Waals surface area contributed by atoms with Crippen molar-refractivity contribution in [1.29, 1.82) is 0 Å². The fourth-order valence-corrected chi connectivity index (χ4v) is 0.469. The molecule has 0 aliphatic carbocycles. The second-order valence-electron chi connectivity index (χ2n) is 1.66. The molecule has 0 aliphatic rings. The lowest BCUT2D eigenvalue weighted by Crippen LogP contribution is -1.66. The second kappa shape index (κ2) is 5.10. The molecule has 0 atom stereocenters. The van der Waals surface area contributed by atoms with Crippen LogP contribution in [0.1, 0.15) is 0 Å². The lowest BCUT2D eigenvalue weighted by molar-refractivity contribution is 1.09. The summed E-state index contributed by atoms with van der Waals surface area (Å²) in [6.07, 6.45) is 10.0. The molecule has 0 amide bonds. The van der Waals surface area contributed by atoms with E-state index in [4.69, 9.17) is 0 Å². The quantitative estimate of drug-likeness (QED) is 0.603. The number of nitrogens with one attached hydrogen (secondary N) is 1. The summed E-state index contributed by atoms with van der Waals surface area (Å²) >= 11 is 0. The molecule has 0 unspecified atom stereocenters. The minimum Gasteiger partial charge on any atom is -0.286 e. The molecule has 56 valence electrons. The number of aromatic amines is 1. The minimum absolute atomic E-state index is 1.64. The van der Waals surface area contributed by atoms with E-state index in [1.165, 1.54) is 0 Å². The number of H-pyrrole nitrogens is 1. The Labute approximate surface area is 64.3 Å². The summed E-state index contributed by atoms with van der Waals surface area (Å²) < 4.78 is 0. The lowest BCUT2D eigenvalue weighted by Gasteiger charge is -1.70. The van der Waals surface area contributed by atoms with Gasteiger partial charge in [0.1, 0.15) is 0 Å². The maximum atomic E-state index is 3.72. The van der Waals surface area contributed by atoms with E-state index in [1.807, 2.05) is 6.07 Å². The molecule has 11 heavy (non-hydrogen) atoms. The molecule has 2 aromatic rings. The van der Waals surface area contributed by atoms with Gasteiger partial charge < -0.3 is 0 Å². The van der Waals surface area contributed by atoms with E-state index >= 15 is 0 Å². The Kier molecular flexibility index (Phi) is 3.43. The Morgan fingerprint density at radius 1 is 0.818 bits per heavy atom. The highest BCUT2D eigenvalue weighted by molar-refractivity contribution is 4.72. The highest BCUT2D eigenvalue weighted by atomic mass is 15.1. The Morgan fingerprint density at radius 3 is 1.64 bits per heavy atom. The highest BCUT2D eigenvalue weighted by Gasteiger charge is 1.59. The van der Waals surface area contributed by atoms with Crippen molar-refractivity contribution in [2.75, 3.05) is 0 Å². The predicted octanol–water partition coefficient (Wildman–Crippen LogP) is 0.886. The molecular weight excluding hydrogens is 140 g/mol. The van der Waals surface area contributed by atoms with Crippen LogP contribution in [0.25, 0.3) is 0 Å². The van der Waals surface area contributed by atoms with Crippen LogP contribution in [0.5, 0.6) is 0 Å². The number of aromatic nitrogens is 4. The van der Waals surface area contributed by atoms with Gasteiger partial charge in [-0.3, -0.25) is 15.1 Å². The maximum absolute atomic E-state index is 3.72. The average molecular weight is 148 g/mol. The molecule has 4 nitrogen and oxygen atoms in total. The van der Waals surface area contributed by atoms with Crippen molar-refractivity contribution >= 4 is 0 Å². The van der Waals surface area contributed by atoms with E-state index in [2.05, 4.69) is 20.2 Å². The molecule has 0 aromatic carbocycles. The van der Waals surface area contributed by atoms with E-state index in [0.29, 0.717) is 0 Å². The van der Waals surface area contributed by atoms with Gasteiger partial charge in [-0.1, -0.05) is 0 Å². The normalized spacial score (nSPS) is 8.00. The van der Waals surface area contributed by atoms with Crippen LogP contribution in [0.4, 0.5) is 0 Å². The van der Waals surface area contributed by atoms with Gasteiger partial charge >= 0.3 is 0 Å². The summed E-state index contributed by atoms with van der Waals surface area (Å²) in [5.41, 5.74) is 0. The van der Waals surface area contributed by atoms with Crippen LogP contribution in [0.2, 0.25) is 0 Å². The number of hydrogen-bond donors (Lipinski definition) is 1. The zero-order valence-corrected chi connectivity index (χ0v) is 5.88. The highest BCUT2D eigenvalue weighted by Crippen LogP contribution is 1.66. The van der Waals surface area contributed by atoms with Crippen molar-refractivity contribution in [3.63, 3.8) is 0 Å². The first kappa shape index (κ1) is 7.40. The molecule has 0 saturated heterocycles. The molecule has 2 aromatic heterocycles. The number of hydrogen-bond acceptors (Lipinski definition) is 3. The third kappa shape index (κ3) is 3.80. The zero-order valence-electron chi connectivity index (χ0n) is 5.88. The van der Waals surface area contributed by atoms with Crippen LogP contribution >= 0.6 is 0 Å². The third-order valence-electron chi connectivity index (χ3n) is 0.883. The minimum atomic E-state index is 1.64. The van der Waals surface area contributed by atoms with Crippen LogP contribution in [0.3, 0.4) is 0 Å². The van der Waals surface area contributed by atoms with E-state index in [9.17, 15) is 0 Å². The average Bonchev–Trinajstić information content (AvgIpc) is 2.64. The molecule has 0 bridgehead atoms. The van der Waals surface area contributed by atoms with Crippen molar-refractivity contribution in [3.05, 3.63) is 43.2 Å². The summed E-state index contributed by atoms with van der Waals surface area (Å²) in [6.45, 7) is 0. The fourth-order valence-electron chi connectivity index (χ4n) is 0.469. The summed E-state index contributed by atoms with van der Waals surface area (Å²) in [6, 6.07) is 1.83.